The van der Waals surface area contributed by atoms with Gasteiger partial charge in [0.15, 0.2) is 0 Å². The monoisotopic (exact) mass is 324 g/mol. The first-order valence-corrected chi connectivity index (χ1v) is 7.51. The number of aryl methyl sites for hydroxylation is 2. The van der Waals surface area contributed by atoms with E-state index in [-0.39, 0.29) is 5.69 Å². The Morgan fingerprint density at radius 3 is 1.95 bits per heavy atom. The Morgan fingerprint density at radius 2 is 1.59 bits per heavy atom. The number of halogens is 4. The number of aromatic nitrogens is 2. The van der Waals surface area contributed by atoms with E-state index in [2.05, 4.69) is 9.97 Å². The molecule has 0 aliphatic heterocycles. The second-order valence-corrected chi connectivity index (χ2v) is 4.93. The van der Waals surface area contributed by atoms with Crippen molar-refractivity contribution in [2.24, 2.45) is 5.92 Å². The second kappa shape index (κ2) is 9.58. The molecule has 1 aliphatic rings. The molecule has 0 atom stereocenters. The third-order valence-electron chi connectivity index (χ3n) is 3.21. The summed E-state index contributed by atoms with van der Waals surface area (Å²) in [6.45, 7) is 7.06. The average Bonchev–Trinajstić information content (AvgIpc) is 2.47. The Kier molecular flexibility index (Phi) is 8.97. The van der Waals surface area contributed by atoms with Crippen LogP contribution in [0.15, 0.2) is 4.79 Å². The van der Waals surface area contributed by atoms with Crippen LogP contribution in [0.5, 0.6) is 0 Å². The highest BCUT2D eigenvalue weighted by Gasteiger charge is 2.39. The average molecular weight is 324 g/mol. The minimum atomic E-state index is -3.93. The van der Waals surface area contributed by atoms with E-state index < -0.39 is 23.5 Å². The molecule has 1 fully saturated rings. The Morgan fingerprint density at radius 1 is 1.09 bits per heavy atom. The fourth-order valence-corrected chi connectivity index (χ4v) is 2.14. The molecule has 1 N–H and O–H groups in total. The van der Waals surface area contributed by atoms with Gasteiger partial charge in [-0.3, -0.25) is 4.79 Å². The van der Waals surface area contributed by atoms with E-state index in [1.807, 2.05) is 13.8 Å². The summed E-state index contributed by atoms with van der Waals surface area (Å²) in [5.74, 6) is -1.37. The Hall–Kier alpha value is -1.40. The molecule has 2 rings (SSSR count). The predicted octanol–water partition coefficient (Wildman–Crippen LogP) is 4.68. The van der Waals surface area contributed by atoms with Crippen molar-refractivity contribution in [3.63, 3.8) is 0 Å². The van der Waals surface area contributed by atoms with Crippen molar-refractivity contribution in [2.75, 3.05) is 0 Å². The van der Waals surface area contributed by atoms with Crippen molar-refractivity contribution in [2.45, 2.75) is 66.0 Å². The predicted molar refractivity (Wildman–Crippen MR) is 78.3 cm³/mol. The molecule has 1 aromatic heterocycles. The molecular weight excluding hydrogens is 300 g/mol. The van der Waals surface area contributed by atoms with E-state index in [4.69, 9.17) is 0 Å². The van der Waals surface area contributed by atoms with Crippen molar-refractivity contribution < 1.29 is 17.6 Å². The Labute approximate surface area is 128 Å². The quantitative estimate of drug-likeness (QED) is 0.704. The van der Waals surface area contributed by atoms with Crippen LogP contribution in [0, 0.1) is 25.6 Å². The number of nitrogens with one attached hydrogen (secondary N) is 1. The van der Waals surface area contributed by atoms with Gasteiger partial charge in [-0.2, -0.15) is 17.6 Å². The van der Waals surface area contributed by atoms with Crippen molar-refractivity contribution >= 4 is 0 Å². The number of rotatable bonds is 0. The first kappa shape index (κ1) is 20.6. The maximum atomic E-state index is 12.5. The molecule has 0 radical (unpaired) electrons. The van der Waals surface area contributed by atoms with Crippen molar-refractivity contribution in [3.05, 3.63) is 27.7 Å². The summed E-state index contributed by atoms with van der Waals surface area (Å²) in [4.78, 5) is 16.5. The summed E-state index contributed by atoms with van der Waals surface area (Å²) in [7, 11) is 0. The second-order valence-electron chi connectivity index (χ2n) is 4.93. The van der Waals surface area contributed by atoms with Crippen LogP contribution in [-0.2, 0) is 0 Å². The van der Waals surface area contributed by atoms with Crippen LogP contribution < -0.4 is 5.56 Å². The molecule has 0 aromatic carbocycles. The van der Waals surface area contributed by atoms with Gasteiger partial charge in [-0.25, -0.2) is 4.98 Å². The summed E-state index contributed by atoms with van der Waals surface area (Å²) < 4.78 is 48.3. The van der Waals surface area contributed by atoms with Crippen LogP contribution in [0.25, 0.3) is 0 Å². The molecule has 0 spiro atoms. The third-order valence-corrected chi connectivity index (χ3v) is 3.21. The Bertz CT molecular complexity index is 491. The molecule has 7 heteroatoms. The molecule has 1 aliphatic carbocycles. The van der Waals surface area contributed by atoms with Crippen LogP contribution >= 0.6 is 0 Å². The van der Waals surface area contributed by atoms with Crippen LogP contribution in [0.2, 0.25) is 0 Å². The van der Waals surface area contributed by atoms with Crippen LogP contribution in [0.3, 0.4) is 0 Å². The lowest BCUT2D eigenvalue weighted by Gasteiger charge is -2.23. The lowest BCUT2D eigenvalue weighted by Crippen LogP contribution is -2.24. The van der Waals surface area contributed by atoms with Gasteiger partial charge in [0.1, 0.15) is 5.82 Å². The lowest BCUT2D eigenvalue weighted by molar-refractivity contribution is -0.181. The standard InChI is InChI=1S/C7H11F3.C6H7FN2O.C2H6/c8-7(9,10)6-4-2-1-3-5-6;1-3-5(7)6(10)9-4(2)8-3;1-2/h6H,1-5H2;1-2H3,(H,8,9,10);1-2H3. The maximum absolute atomic E-state index is 12.5. The molecular formula is C15H24F4N2O. The highest BCUT2D eigenvalue weighted by molar-refractivity contribution is 5.02. The van der Waals surface area contributed by atoms with E-state index in [0.29, 0.717) is 18.7 Å². The smallest absolute Gasteiger partial charge is 0.308 e. The van der Waals surface area contributed by atoms with Crippen LogP contribution in [0.4, 0.5) is 17.6 Å². The Balaban J connectivity index is 0.000000360. The number of H-pyrrole nitrogens is 1. The van der Waals surface area contributed by atoms with E-state index in [1.54, 1.807) is 6.92 Å². The number of nitrogens with zero attached hydrogens (tertiary/aromatic N) is 1. The van der Waals surface area contributed by atoms with Crippen molar-refractivity contribution in [1.82, 2.24) is 9.97 Å². The molecule has 1 heterocycles. The molecule has 0 unspecified atom stereocenters. The van der Waals surface area contributed by atoms with Gasteiger partial charge >= 0.3 is 6.18 Å². The molecule has 0 saturated heterocycles. The minimum absolute atomic E-state index is 0.140. The fourth-order valence-electron chi connectivity index (χ4n) is 2.14. The van der Waals surface area contributed by atoms with Crippen LogP contribution in [0.1, 0.15) is 57.5 Å². The molecule has 128 valence electrons. The summed E-state index contributed by atoms with van der Waals surface area (Å²) in [6, 6.07) is 0. The third kappa shape index (κ3) is 7.04. The van der Waals surface area contributed by atoms with E-state index in [1.165, 1.54) is 6.92 Å². The zero-order valence-electron chi connectivity index (χ0n) is 13.5. The topological polar surface area (TPSA) is 45.8 Å². The van der Waals surface area contributed by atoms with Gasteiger partial charge in [-0.15, -0.1) is 0 Å². The van der Waals surface area contributed by atoms with E-state index >= 15 is 0 Å². The molecule has 3 nitrogen and oxygen atoms in total. The van der Waals surface area contributed by atoms with Gasteiger partial charge < -0.3 is 4.98 Å². The summed E-state index contributed by atoms with van der Waals surface area (Å²) in [5.41, 5.74) is -0.564. The van der Waals surface area contributed by atoms with Crippen LogP contribution in [-0.4, -0.2) is 16.1 Å². The zero-order chi connectivity index (χ0) is 17.3. The largest absolute Gasteiger partial charge is 0.391 e. The minimum Gasteiger partial charge on any atom is -0.308 e. The van der Waals surface area contributed by atoms with E-state index in [9.17, 15) is 22.4 Å². The highest BCUT2D eigenvalue weighted by atomic mass is 19.4. The van der Waals surface area contributed by atoms with Gasteiger partial charge in [-0.05, 0) is 26.7 Å². The SMILES string of the molecule is CC.Cc1nc(C)c(F)c(=O)[nH]1.FC(F)(F)C1CCCCC1. The number of alkyl halides is 3. The lowest BCUT2D eigenvalue weighted by atomic mass is 9.89. The molecule has 0 amide bonds. The molecule has 1 saturated carbocycles. The van der Waals surface area contributed by atoms with Gasteiger partial charge in [0.25, 0.3) is 5.56 Å². The van der Waals surface area contributed by atoms with Crippen molar-refractivity contribution in [1.29, 1.82) is 0 Å². The maximum Gasteiger partial charge on any atom is 0.391 e. The van der Waals surface area contributed by atoms with Gasteiger partial charge in [0, 0.05) is 0 Å². The fraction of sp³-hybridized carbons (Fsp3) is 0.733. The van der Waals surface area contributed by atoms with Gasteiger partial charge in [-0.1, -0.05) is 33.1 Å². The zero-order valence-corrected chi connectivity index (χ0v) is 13.5. The highest BCUT2D eigenvalue weighted by Crippen LogP contribution is 2.37. The first-order valence-electron chi connectivity index (χ1n) is 7.51. The molecule has 1 aromatic rings. The molecule has 0 bridgehead atoms. The number of hydrogen-bond acceptors (Lipinski definition) is 2. The summed E-state index contributed by atoms with van der Waals surface area (Å²) in [6.07, 6.45) is -0.742. The summed E-state index contributed by atoms with van der Waals surface area (Å²) >= 11 is 0. The molecule has 22 heavy (non-hydrogen) atoms. The summed E-state index contributed by atoms with van der Waals surface area (Å²) in [5, 5.41) is 0. The number of hydrogen-bond donors (Lipinski definition) is 1. The van der Waals surface area contributed by atoms with Crippen molar-refractivity contribution in [3.8, 4) is 0 Å². The first-order chi connectivity index (χ1) is 10.2. The van der Waals surface area contributed by atoms with Gasteiger partial charge in [0.2, 0.25) is 5.82 Å². The van der Waals surface area contributed by atoms with Gasteiger partial charge in [0.05, 0.1) is 11.6 Å². The normalized spacial score (nSPS) is 15.3. The number of aromatic amines is 1. The van der Waals surface area contributed by atoms with E-state index in [0.717, 1.165) is 19.3 Å².